The van der Waals surface area contributed by atoms with Crippen LogP contribution in [0.2, 0.25) is 0 Å². The summed E-state index contributed by atoms with van der Waals surface area (Å²) in [5.74, 6) is 0.598. The third kappa shape index (κ3) is 8.58. The van der Waals surface area contributed by atoms with E-state index in [9.17, 15) is 18.7 Å². The van der Waals surface area contributed by atoms with Gasteiger partial charge in [-0.2, -0.15) is 10.2 Å². The number of aromatic nitrogens is 4. The summed E-state index contributed by atoms with van der Waals surface area (Å²) in [5, 5.41) is 23.1. The number of aliphatic hydroxyl groups is 1. The fourth-order valence-electron chi connectivity index (χ4n) is 13.3. The van der Waals surface area contributed by atoms with Gasteiger partial charge in [0.2, 0.25) is 0 Å². The summed E-state index contributed by atoms with van der Waals surface area (Å²) >= 11 is 0. The van der Waals surface area contributed by atoms with Gasteiger partial charge in [0.25, 0.3) is 0 Å². The maximum Gasteiger partial charge on any atom is 0.159 e. The molecule has 2 fully saturated rings. The number of benzene rings is 6. The number of hydrogen-bond donors (Lipinski definition) is 1. The summed E-state index contributed by atoms with van der Waals surface area (Å²) in [6.45, 7) is 6.60. The number of halogens is 2. The van der Waals surface area contributed by atoms with Crippen LogP contribution in [-0.4, -0.2) is 36.1 Å². The van der Waals surface area contributed by atoms with Crippen molar-refractivity contribution < 1.29 is 18.7 Å². The summed E-state index contributed by atoms with van der Waals surface area (Å²) in [7, 11) is 0. The van der Waals surface area contributed by atoms with Crippen LogP contribution >= 0.6 is 0 Å². The van der Waals surface area contributed by atoms with Gasteiger partial charge in [-0.25, -0.2) is 18.1 Å². The molecular weight excluding hydrogens is 883 g/mol. The molecule has 0 unspecified atom stereocenters. The van der Waals surface area contributed by atoms with Crippen LogP contribution in [0.5, 0.6) is 0 Å². The van der Waals surface area contributed by atoms with E-state index in [0.29, 0.717) is 24.0 Å². The largest absolute Gasteiger partial charge is 0.386 e. The first-order chi connectivity index (χ1) is 34.5. The van der Waals surface area contributed by atoms with Gasteiger partial charge in [-0.05, 0) is 213 Å². The van der Waals surface area contributed by atoms with Crippen LogP contribution in [0.4, 0.5) is 8.78 Å². The Kier molecular flexibility index (Phi) is 12.3. The molecule has 0 saturated heterocycles. The van der Waals surface area contributed by atoms with Gasteiger partial charge in [0, 0.05) is 28.0 Å². The fourth-order valence-corrected chi connectivity index (χ4v) is 13.3. The minimum atomic E-state index is -0.804. The molecule has 2 heterocycles. The van der Waals surface area contributed by atoms with Crippen LogP contribution in [0.3, 0.4) is 0 Å². The molecule has 360 valence electrons. The molecule has 8 heteroatoms. The van der Waals surface area contributed by atoms with Gasteiger partial charge in [-0.3, -0.25) is 4.79 Å². The lowest BCUT2D eigenvalue weighted by atomic mass is 9.55. The normalized spacial score (nSPS) is 25.1. The molecule has 0 spiro atoms. The molecule has 0 bridgehead atoms. The van der Waals surface area contributed by atoms with Gasteiger partial charge in [0.05, 0.1) is 40.4 Å². The standard InChI is InChI=1S/C32H33FN2O.C31H29FN2O/c1-3-32-20-26(16-22-8-5-4-6-9-22)31(2,36)19-25(32)11-7-10-23-18-30-24(17-29(23)32)21-34-35(30)28-14-12-27(33)13-15-28;1-2-31-19-23(15-21-7-4-3-5-8-21)30(35)18-25(31)10-6-9-22-17-29-24(16-28(22)31)20-33-34(29)27-13-11-26(32)12-14-27/h4-6,8-9,12-18,21,25,36H,3,7,10-11,19-20H2,1-2H3;3-5,7-8,11-17,20,25H,2,6,9-10,18-19H2,1H3/b26-16+;23-15+/t25-,31+,32+;25-,31+/m00/s1. The molecule has 1 N–H and O–H groups in total. The van der Waals surface area contributed by atoms with Gasteiger partial charge in [0.1, 0.15) is 11.6 Å². The second-order valence-corrected chi connectivity index (χ2v) is 21.0. The smallest absolute Gasteiger partial charge is 0.159 e. The highest BCUT2D eigenvalue weighted by Gasteiger charge is 2.51. The molecule has 0 amide bonds. The van der Waals surface area contributed by atoms with Crippen LogP contribution in [0, 0.1) is 23.5 Å². The summed E-state index contributed by atoms with van der Waals surface area (Å²) in [6.07, 6.45) is 19.7. The number of hydrogen-bond acceptors (Lipinski definition) is 4. The maximum atomic E-state index is 13.5. The molecule has 71 heavy (non-hydrogen) atoms. The quantitative estimate of drug-likeness (QED) is 0.169. The minimum absolute atomic E-state index is 0.0130. The van der Waals surface area contributed by atoms with E-state index in [4.69, 9.17) is 0 Å². The van der Waals surface area contributed by atoms with E-state index in [0.717, 1.165) is 126 Å². The van der Waals surface area contributed by atoms with Crippen molar-refractivity contribution in [2.75, 3.05) is 0 Å². The Morgan fingerprint density at radius 1 is 0.634 bits per heavy atom. The predicted molar refractivity (Wildman–Crippen MR) is 282 cm³/mol. The average molecular weight is 945 g/mol. The van der Waals surface area contributed by atoms with Crippen LogP contribution in [0.25, 0.3) is 45.3 Å². The number of carbonyl (C=O) groups excluding carboxylic acids is 1. The van der Waals surface area contributed by atoms with Crippen molar-refractivity contribution in [3.8, 4) is 11.4 Å². The Morgan fingerprint density at radius 3 is 1.62 bits per heavy atom. The van der Waals surface area contributed by atoms with E-state index in [1.165, 1.54) is 46.5 Å². The molecule has 6 nitrogen and oxygen atoms in total. The monoisotopic (exact) mass is 944 g/mol. The Labute approximate surface area is 415 Å². The van der Waals surface area contributed by atoms with Crippen LogP contribution < -0.4 is 0 Å². The number of ketones is 1. The first-order valence-corrected chi connectivity index (χ1v) is 25.8. The molecule has 4 aliphatic carbocycles. The predicted octanol–water partition coefficient (Wildman–Crippen LogP) is 14.6. The van der Waals surface area contributed by atoms with E-state index in [1.54, 1.807) is 24.3 Å². The number of carbonyl (C=O) groups is 1. The van der Waals surface area contributed by atoms with E-state index < -0.39 is 5.60 Å². The van der Waals surface area contributed by atoms with Gasteiger partial charge in [-0.15, -0.1) is 0 Å². The Morgan fingerprint density at radius 2 is 1.11 bits per heavy atom. The van der Waals surface area contributed by atoms with Crippen molar-refractivity contribution >= 4 is 39.7 Å². The highest BCUT2D eigenvalue weighted by atomic mass is 19.1. The zero-order valence-corrected chi connectivity index (χ0v) is 41.1. The molecule has 6 aromatic carbocycles. The molecule has 0 aliphatic heterocycles. The second-order valence-electron chi connectivity index (χ2n) is 21.0. The summed E-state index contributed by atoms with van der Waals surface area (Å²) < 4.78 is 30.8. The molecule has 4 aliphatic rings. The first-order valence-electron chi connectivity index (χ1n) is 25.8. The third-order valence-corrected chi connectivity index (χ3v) is 17.0. The lowest BCUT2D eigenvalue weighted by Crippen LogP contribution is -2.47. The molecular formula is C63H62F2N4O2. The van der Waals surface area contributed by atoms with Gasteiger partial charge in [-0.1, -0.05) is 80.6 Å². The van der Waals surface area contributed by atoms with E-state index in [2.05, 4.69) is 96.9 Å². The number of nitrogens with zero attached hydrogens (tertiary/aromatic N) is 4. The molecule has 8 aromatic rings. The number of aryl methyl sites for hydroxylation is 2. The Bertz CT molecular complexity index is 3310. The topological polar surface area (TPSA) is 72.9 Å². The van der Waals surface area contributed by atoms with Crippen molar-refractivity contribution in [2.45, 2.75) is 114 Å². The summed E-state index contributed by atoms with van der Waals surface area (Å²) in [4.78, 5) is 13.2. The van der Waals surface area contributed by atoms with E-state index in [1.807, 2.05) is 52.9 Å². The van der Waals surface area contributed by atoms with E-state index in [-0.39, 0.29) is 22.5 Å². The SMILES string of the molecule is CC[C@@]12C/C(=C\c3ccccc3)C(=O)C[C@@H]1CCCc1cc3c(cnn3-c3ccc(F)cc3)cc12.CC[C@@]12C/C(=C\c3ccccc3)[C@](C)(O)C[C@@H]1CCCc1cc3c(cnn3-c3ccc(F)cc3)cc12. The lowest BCUT2D eigenvalue weighted by Gasteiger charge is -2.50. The van der Waals surface area contributed by atoms with Crippen LogP contribution in [0.1, 0.15) is 118 Å². The zero-order chi connectivity index (χ0) is 48.9. The molecule has 5 atom stereocenters. The molecule has 2 saturated carbocycles. The van der Waals surface area contributed by atoms with Gasteiger partial charge >= 0.3 is 0 Å². The molecule has 12 rings (SSSR count). The van der Waals surface area contributed by atoms with Crippen LogP contribution in [-0.2, 0) is 28.5 Å². The van der Waals surface area contributed by atoms with Crippen molar-refractivity contribution in [1.82, 2.24) is 19.6 Å². The number of fused-ring (bicyclic) bond motifs is 8. The number of allylic oxidation sites excluding steroid dienone is 1. The average Bonchev–Trinajstić information content (AvgIpc) is 3.92. The van der Waals surface area contributed by atoms with E-state index >= 15 is 0 Å². The maximum absolute atomic E-state index is 13.5. The second kappa shape index (κ2) is 18.8. The minimum Gasteiger partial charge on any atom is -0.386 e. The lowest BCUT2D eigenvalue weighted by molar-refractivity contribution is -0.119. The first kappa shape index (κ1) is 46.6. The number of rotatable bonds is 6. The number of Topliss-reactive ketones (excluding diaryl/α,β-unsaturated/α-hetero) is 1. The summed E-state index contributed by atoms with van der Waals surface area (Å²) in [6, 6.07) is 42.9. The van der Waals surface area contributed by atoms with Crippen molar-refractivity contribution in [1.29, 1.82) is 0 Å². The highest BCUT2D eigenvalue weighted by Crippen LogP contribution is 2.57. The Hall–Kier alpha value is -6.77. The van der Waals surface area contributed by atoms with Gasteiger partial charge < -0.3 is 5.11 Å². The van der Waals surface area contributed by atoms with Crippen LogP contribution in [0.15, 0.2) is 157 Å². The zero-order valence-electron chi connectivity index (χ0n) is 41.1. The van der Waals surface area contributed by atoms with Crippen molar-refractivity contribution in [3.63, 3.8) is 0 Å². The highest BCUT2D eigenvalue weighted by molar-refractivity contribution is 6.01. The Balaban J connectivity index is 0.000000154. The van der Waals surface area contributed by atoms with Crippen molar-refractivity contribution in [2.24, 2.45) is 11.8 Å². The summed E-state index contributed by atoms with van der Waals surface area (Å²) in [5.41, 5.74) is 12.8. The fraction of sp³-hybridized carbons (Fsp3) is 0.317. The van der Waals surface area contributed by atoms with Crippen molar-refractivity contribution in [3.05, 3.63) is 202 Å². The third-order valence-electron chi connectivity index (χ3n) is 17.0. The molecule has 0 radical (unpaired) electrons. The molecule has 2 aromatic heterocycles. The van der Waals surface area contributed by atoms with Gasteiger partial charge in [0.15, 0.2) is 5.78 Å².